The molecule has 144 valence electrons. The minimum Gasteiger partial charge on any atom is -0.481 e. The lowest BCUT2D eigenvalue weighted by atomic mass is 10.1. The van der Waals surface area contributed by atoms with Crippen LogP contribution in [0.3, 0.4) is 0 Å². The van der Waals surface area contributed by atoms with Gasteiger partial charge in [0.2, 0.25) is 17.6 Å². The lowest BCUT2D eigenvalue weighted by Gasteiger charge is -2.24. The molecule has 2 aromatic rings. The van der Waals surface area contributed by atoms with Crippen molar-refractivity contribution in [2.45, 2.75) is 45.1 Å². The lowest BCUT2D eigenvalue weighted by molar-refractivity contribution is -0.143. The van der Waals surface area contributed by atoms with Crippen LogP contribution in [0.4, 0.5) is 0 Å². The van der Waals surface area contributed by atoms with E-state index in [-0.39, 0.29) is 18.5 Å². The molecule has 0 bridgehead atoms. The predicted octanol–water partition coefficient (Wildman–Crippen LogP) is 3.42. The van der Waals surface area contributed by atoms with E-state index < -0.39 is 11.9 Å². The highest BCUT2D eigenvalue weighted by molar-refractivity contribution is 6.30. The number of benzene rings is 1. The average molecular weight is 392 g/mol. The van der Waals surface area contributed by atoms with Crippen molar-refractivity contribution >= 4 is 23.5 Å². The first-order chi connectivity index (χ1) is 12.9. The van der Waals surface area contributed by atoms with Gasteiger partial charge in [-0.1, -0.05) is 23.7 Å². The summed E-state index contributed by atoms with van der Waals surface area (Å²) in [4.78, 5) is 29.6. The van der Waals surface area contributed by atoms with Crippen LogP contribution in [-0.4, -0.2) is 44.6 Å². The van der Waals surface area contributed by atoms with Gasteiger partial charge in [-0.3, -0.25) is 9.59 Å². The maximum Gasteiger partial charge on any atom is 0.308 e. The summed E-state index contributed by atoms with van der Waals surface area (Å²) in [7, 11) is 0. The van der Waals surface area contributed by atoms with Crippen LogP contribution < -0.4 is 0 Å². The summed E-state index contributed by atoms with van der Waals surface area (Å²) in [6.07, 6.45) is 3.31. The molecule has 1 amide bonds. The Hall–Kier alpha value is -2.41. The molecule has 1 aromatic carbocycles. The molecule has 1 fully saturated rings. The van der Waals surface area contributed by atoms with Crippen molar-refractivity contribution in [3.8, 4) is 11.4 Å². The Morgan fingerprint density at radius 2 is 2.04 bits per heavy atom. The fourth-order valence-electron chi connectivity index (χ4n) is 2.82. The van der Waals surface area contributed by atoms with E-state index in [0.717, 1.165) is 18.4 Å². The standard InChI is InChI=1S/C19H22ClN3O4/c1-12(19(25)26)11-23(15-9-10-15)17(24)4-2-3-16-21-18(22-27-16)13-5-7-14(20)8-6-13/h5-8,12,15H,2-4,9-11H2,1H3,(H,25,26). The van der Waals surface area contributed by atoms with E-state index in [1.807, 2.05) is 12.1 Å². The van der Waals surface area contributed by atoms with E-state index in [2.05, 4.69) is 10.1 Å². The third kappa shape index (κ3) is 5.29. The van der Waals surface area contributed by atoms with Crippen LogP contribution in [0.1, 0.15) is 38.5 Å². The van der Waals surface area contributed by atoms with Gasteiger partial charge in [0.25, 0.3) is 0 Å². The smallest absolute Gasteiger partial charge is 0.308 e. The number of aromatic nitrogens is 2. The minimum absolute atomic E-state index is 0.0111. The third-order valence-corrected chi connectivity index (χ3v) is 4.80. The van der Waals surface area contributed by atoms with Gasteiger partial charge >= 0.3 is 5.97 Å². The average Bonchev–Trinajstić information content (AvgIpc) is 3.38. The van der Waals surface area contributed by atoms with Crippen LogP contribution in [0.5, 0.6) is 0 Å². The summed E-state index contributed by atoms with van der Waals surface area (Å²) in [5, 5.41) is 13.7. The minimum atomic E-state index is -0.881. The van der Waals surface area contributed by atoms with Crippen LogP contribution in [0.15, 0.2) is 28.8 Å². The fourth-order valence-corrected chi connectivity index (χ4v) is 2.95. The van der Waals surface area contributed by atoms with E-state index in [9.17, 15) is 9.59 Å². The zero-order valence-corrected chi connectivity index (χ0v) is 15.9. The van der Waals surface area contributed by atoms with E-state index in [1.54, 1.807) is 24.0 Å². The number of rotatable bonds is 9. The molecule has 0 aliphatic heterocycles. The molecule has 1 aromatic heterocycles. The van der Waals surface area contributed by atoms with Gasteiger partial charge in [-0.15, -0.1) is 0 Å². The van der Waals surface area contributed by atoms with Crippen molar-refractivity contribution in [1.82, 2.24) is 15.0 Å². The Labute approximate surface area is 162 Å². The number of nitrogens with zero attached hydrogens (tertiary/aromatic N) is 3. The first-order valence-electron chi connectivity index (χ1n) is 9.05. The highest BCUT2D eigenvalue weighted by Crippen LogP contribution is 2.28. The van der Waals surface area contributed by atoms with E-state index >= 15 is 0 Å². The largest absolute Gasteiger partial charge is 0.481 e. The second kappa shape index (κ2) is 8.52. The Morgan fingerprint density at radius 3 is 2.67 bits per heavy atom. The second-order valence-corrected chi connectivity index (χ2v) is 7.33. The van der Waals surface area contributed by atoms with Gasteiger partial charge in [0.15, 0.2) is 0 Å². The number of halogens is 1. The number of aliphatic carboxylic acids is 1. The Balaban J connectivity index is 1.51. The SMILES string of the molecule is CC(CN(C(=O)CCCc1nc(-c2ccc(Cl)cc2)no1)C1CC1)C(=O)O. The highest BCUT2D eigenvalue weighted by Gasteiger charge is 2.34. The third-order valence-electron chi connectivity index (χ3n) is 4.55. The molecule has 3 rings (SSSR count). The molecule has 8 heteroatoms. The first-order valence-corrected chi connectivity index (χ1v) is 9.42. The maximum absolute atomic E-state index is 12.5. The molecule has 1 aliphatic rings. The number of carboxylic acid groups (broad SMARTS) is 1. The number of amides is 1. The van der Waals surface area contributed by atoms with Crippen LogP contribution >= 0.6 is 11.6 Å². The summed E-state index contributed by atoms with van der Waals surface area (Å²) in [6.45, 7) is 1.89. The maximum atomic E-state index is 12.5. The van der Waals surface area contributed by atoms with Crippen molar-refractivity contribution < 1.29 is 19.2 Å². The number of aryl methyl sites for hydroxylation is 1. The van der Waals surface area contributed by atoms with Crippen LogP contribution in [0.25, 0.3) is 11.4 Å². The molecule has 1 unspecified atom stereocenters. The van der Waals surface area contributed by atoms with Crippen LogP contribution in [0.2, 0.25) is 5.02 Å². The van der Waals surface area contributed by atoms with E-state index in [1.165, 1.54) is 0 Å². The normalized spacial score (nSPS) is 14.7. The van der Waals surface area contributed by atoms with E-state index in [0.29, 0.717) is 36.0 Å². The van der Waals surface area contributed by atoms with Gasteiger partial charge < -0.3 is 14.5 Å². The Bertz CT molecular complexity index is 802. The van der Waals surface area contributed by atoms with Crippen molar-refractivity contribution in [3.63, 3.8) is 0 Å². The molecule has 1 N–H and O–H groups in total. The van der Waals surface area contributed by atoms with Gasteiger partial charge in [-0.05, 0) is 43.5 Å². The molecule has 0 spiro atoms. The molecule has 27 heavy (non-hydrogen) atoms. The van der Waals surface area contributed by atoms with Crippen LogP contribution in [0, 0.1) is 5.92 Å². The van der Waals surface area contributed by atoms with Crippen LogP contribution in [-0.2, 0) is 16.0 Å². The molecule has 7 nitrogen and oxygen atoms in total. The second-order valence-electron chi connectivity index (χ2n) is 6.89. The van der Waals surface area contributed by atoms with E-state index in [4.69, 9.17) is 21.2 Å². The number of carbonyl (C=O) groups is 2. The van der Waals surface area contributed by atoms with Gasteiger partial charge in [-0.2, -0.15) is 4.98 Å². The lowest BCUT2D eigenvalue weighted by Crippen LogP contribution is -2.38. The molecule has 1 aliphatic carbocycles. The van der Waals surface area contributed by atoms with Gasteiger partial charge in [-0.25, -0.2) is 0 Å². The first kappa shape index (κ1) is 19.4. The number of carbonyl (C=O) groups excluding carboxylic acids is 1. The monoisotopic (exact) mass is 391 g/mol. The number of hydrogen-bond donors (Lipinski definition) is 1. The molecule has 1 heterocycles. The topological polar surface area (TPSA) is 96.5 Å². The van der Waals surface area contributed by atoms with Crippen molar-refractivity contribution in [2.24, 2.45) is 5.92 Å². The van der Waals surface area contributed by atoms with Crippen molar-refractivity contribution in [1.29, 1.82) is 0 Å². The summed E-state index contributed by atoms with van der Waals surface area (Å²) in [6, 6.07) is 7.35. The quantitative estimate of drug-likeness (QED) is 0.703. The molecule has 1 atom stereocenters. The van der Waals surface area contributed by atoms with Gasteiger partial charge in [0.05, 0.1) is 5.92 Å². The molecule has 0 saturated heterocycles. The summed E-state index contributed by atoms with van der Waals surface area (Å²) in [5.41, 5.74) is 0.813. The van der Waals surface area contributed by atoms with Crippen molar-refractivity contribution in [2.75, 3.05) is 6.54 Å². The fraction of sp³-hybridized carbons (Fsp3) is 0.474. The predicted molar refractivity (Wildman–Crippen MR) is 99.2 cm³/mol. The number of carboxylic acids is 1. The zero-order valence-electron chi connectivity index (χ0n) is 15.1. The highest BCUT2D eigenvalue weighted by atomic mass is 35.5. The molecule has 1 saturated carbocycles. The van der Waals surface area contributed by atoms with Gasteiger partial charge in [0, 0.05) is 36.0 Å². The molecular formula is C19H22ClN3O4. The Morgan fingerprint density at radius 1 is 1.33 bits per heavy atom. The number of hydrogen-bond acceptors (Lipinski definition) is 5. The zero-order chi connectivity index (χ0) is 19.4. The Kier molecular flexibility index (Phi) is 6.11. The summed E-state index contributed by atoms with van der Waals surface area (Å²) in [5.74, 6) is -0.489. The summed E-state index contributed by atoms with van der Waals surface area (Å²) >= 11 is 5.87. The summed E-state index contributed by atoms with van der Waals surface area (Å²) < 4.78 is 5.25. The molecule has 0 radical (unpaired) electrons. The van der Waals surface area contributed by atoms with Crippen molar-refractivity contribution in [3.05, 3.63) is 35.2 Å². The van der Waals surface area contributed by atoms with Gasteiger partial charge in [0.1, 0.15) is 0 Å². The molecular weight excluding hydrogens is 370 g/mol.